The molecule has 0 radical (unpaired) electrons. The fourth-order valence-electron chi connectivity index (χ4n) is 6.68. The number of hydrogen-bond acceptors (Lipinski definition) is 14. The molecule has 2 atom stereocenters. The predicted octanol–water partition coefficient (Wildman–Crippen LogP) is 10.5. The first-order valence-corrected chi connectivity index (χ1v) is 24.2. The van der Waals surface area contributed by atoms with Crippen molar-refractivity contribution in [3.05, 3.63) is 140 Å². The standard InChI is InChI=1S/C45H40Cl4N4O9S2/c1-44(32-17-28(21-50)40(37(48)19-32)56-15-13-46,30-5-9-34(10-6-30)58-24-36-23-52-43(62-36)63-3)26-61-45(2,33-18-29(22-51)41(38(49)20-33)57-16-14-47)31-7-11-35(12-8-31)59-25-39-42(53-27-60-39)64(4,54)55/h5-12,17-20,23,27H,13-16,24-26H2,1-4H3/t44?,45-/m0/s1. The van der Waals surface area contributed by atoms with E-state index in [-0.39, 0.29) is 88.3 Å². The van der Waals surface area contributed by atoms with E-state index in [4.69, 9.17) is 78.9 Å². The lowest BCUT2D eigenvalue weighted by Gasteiger charge is -2.38. The normalized spacial score (nSPS) is 13.3. The zero-order chi connectivity index (χ0) is 46.1. The van der Waals surface area contributed by atoms with E-state index in [1.165, 1.54) is 11.8 Å². The van der Waals surface area contributed by atoms with Crippen LogP contribution in [0.1, 0.15) is 58.7 Å². The van der Waals surface area contributed by atoms with Gasteiger partial charge in [0.15, 0.2) is 44.3 Å². The van der Waals surface area contributed by atoms with Crippen molar-refractivity contribution in [3.8, 4) is 35.1 Å². The van der Waals surface area contributed by atoms with Gasteiger partial charge < -0.3 is 32.5 Å². The Morgan fingerprint density at radius 2 is 1.30 bits per heavy atom. The van der Waals surface area contributed by atoms with Gasteiger partial charge in [0, 0.05) is 11.7 Å². The van der Waals surface area contributed by atoms with Crippen molar-refractivity contribution >= 4 is 68.0 Å². The minimum atomic E-state index is -3.65. The molecule has 2 aromatic heterocycles. The van der Waals surface area contributed by atoms with Crippen LogP contribution in [0.4, 0.5) is 0 Å². The third-order valence-corrected chi connectivity index (χ3v) is 12.6. The zero-order valence-corrected chi connectivity index (χ0v) is 39.5. The first-order chi connectivity index (χ1) is 30.7. The molecule has 0 aliphatic carbocycles. The molecule has 6 rings (SSSR count). The summed E-state index contributed by atoms with van der Waals surface area (Å²) in [6, 6.07) is 25.5. The molecule has 6 aromatic rings. The van der Waals surface area contributed by atoms with Gasteiger partial charge in [-0.15, -0.1) is 23.2 Å². The second-order valence-corrected chi connectivity index (χ2v) is 18.7. The van der Waals surface area contributed by atoms with Crippen LogP contribution in [0, 0.1) is 22.7 Å². The van der Waals surface area contributed by atoms with Gasteiger partial charge in [-0.05, 0) is 90.9 Å². The third-order valence-electron chi connectivity index (χ3n) is 10.1. The Bertz CT molecular complexity index is 2770. The van der Waals surface area contributed by atoms with Gasteiger partial charge in [0.2, 0.25) is 0 Å². The largest absolute Gasteiger partial charge is 0.489 e. The van der Waals surface area contributed by atoms with Crippen molar-refractivity contribution in [3.63, 3.8) is 0 Å². The minimum absolute atomic E-state index is 0.0374. The van der Waals surface area contributed by atoms with Crippen molar-refractivity contribution in [2.75, 3.05) is 44.1 Å². The maximum Gasteiger partial charge on any atom is 0.255 e. The molecule has 0 spiro atoms. The fraction of sp³-hybridized carbons (Fsp3) is 0.289. The Labute approximate surface area is 395 Å². The number of benzene rings is 4. The molecule has 13 nitrogen and oxygen atoms in total. The van der Waals surface area contributed by atoms with Gasteiger partial charge in [-0.1, -0.05) is 59.2 Å². The molecule has 64 heavy (non-hydrogen) atoms. The molecule has 0 saturated heterocycles. The summed E-state index contributed by atoms with van der Waals surface area (Å²) in [5.41, 5.74) is 0.503. The number of hydrogen-bond donors (Lipinski definition) is 0. The highest BCUT2D eigenvalue weighted by Gasteiger charge is 2.38. The van der Waals surface area contributed by atoms with Crippen LogP contribution in [-0.4, -0.2) is 62.5 Å². The van der Waals surface area contributed by atoms with Crippen molar-refractivity contribution in [2.24, 2.45) is 0 Å². The van der Waals surface area contributed by atoms with Gasteiger partial charge in [0.05, 0.1) is 45.7 Å². The average molecular weight is 987 g/mol. The second kappa shape index (κ2) is 21.3. The minimum Gasteiger partial charge on any atom is -0.489 e. The van der Waals surface area contributed by atoms with Gasteiger partial charge in [0.1, 0.15) is 55.7 Å². The number of nitrogens with zero attached hydrogens (tertiary/aromatic N) is 4. The van der Waals surface area contributed by atoms with Crippen LogP contribution in [0.15, 0.2) is 104 Å². The zero-order valence-electron chi connectivity index (χ0n) is 34.8. The molecule has 4 aromatic carbocycles. The number of thioether (sulfide) groups is 1. The number of sulfone groups is 1. The average Bonchev–Trinajstić information content (AvgIpc) is 3.99. The number of oxazole rings is 2. The van der Waals surface area contributed by atoms with E-state index in [1.807, 2.05) is 44.4 Å². The lowest BCUT2D eigenvalue weighted by atomic mass is 9.76. The van der Waals surface area contributed by atoms with Crippen LogP contribution < -0.4 is 18.9 Å². The predicted molar refractivity (Wildman–Crippen MR) is 243 cm³/mol. The van der Waals surface area contributed by atoms with Crippen LogP contribution in [-0.2, 0) is 38.8 Å². The summed E-state index contributed by atoms with van der Waals surface area (Å²) in [6.07, 6.45) is 5.56. The maximum atomic E-state index is 12.2. The highest BCUT2D eigenvalue weighted by molar-refractivity contribution is 7.98. The molecule has 0 saturated carbocycles. The Morgan fingerprint density at radius 1 is 0.750 bits per heavy atom. The number of nitriles is 2. The molecule has 2 heterocycles. The topological polar surface area (TPSA) is 180 Å². The summed E-state index contributed by atoms with van der Waals surface area (Å²) in [6.45, 7) is 3.96. The number of rotatable bonds is 21. The summed E-state index contributed by atoms with van der Waals surface area (Å²) in [4.78, 5) is 8.02. The summed E-state index contributed by atoms with van der Waals surface area (Å²) >= 11 is 26.9. The Morgan fingerprint density at radius 3 is 1.83 bits per heavy atom. The molecule has 0 amide bonds. The Hall–Kier alpha value is -5.10. The summed E-state index contributed by atoms with van der Waals surface area (Å²) in [7, 11) is -3.65. The van der Waals surface area contributed by atoms with Gasteiger partial charge in [-0.2, -0.15) is 10.5 Å². The van der Waals surface area contributed by atoms with Crippen LogP contribution in [0.2, 0.25) is 10.0 Å². The lowest BCUT2D eigenvalue weighted by Crippen LogP contribution is -2.37. The summed E-state index contributed by atoms with van der Waals surface area (Å²) < 4.78 is 66.0. The maximum absolute atomic E-state index is 12.2. The second-order valence-electron chi connectivity index (χ2n) is 14.4. The van der Waals surface area contributed by atoms with Gasteiger partial charge in [0.25, 0.3) is 5.22 Å². The molecule has 334 valence electrons. The van der Waals surface area contributed by atoms with Gasteiger partial charge in [-0.3, -0.25) is 0 Å². The van der Waals surface area contributed by atoms with Crippen LogP contribution in [0.3, 0.4) is 0 Å². The number of ether oxygens (including phenoxy) is 5. The molecular weight excluding hydrogens is 946 g/mol. The number of alkyl halides is 2. The molecule has 19 heteroatoms. The van der Waals surface area contributed by atoms with E-state index >= 15 is 0 Å². The van der Waals surface area contributed by atoms with Crippen LogP contribution in [0.25, 0.3) is 0 Å². The lowest BCUT2D eigenvalue weighted by molar-refractivity contribution is -0.0229. The third kappa shape index (κ3) is 11.0. The number of halogens is 4. The van der Waals surface area contributed by atoms with E-state index < -0.39 is 20.9 Å². The first-order valence-electron chi connectivity index (χ1n) is 19.2. The SMILES string of the molecule is CSc1ncc(COc2ccc(C(C)(CO[C@@](C)(c3ccc(OCc4ocnc4S(C)(=O)=O)cc3)c3cc(Cl)c(OCCCl)c(C#N)c3)c3cc(Cl)c(OCCCl)c(C#N)c3)cc2)o1. The van der Waals surface area contributed by atoms with Crippen LogP contribution >= 0.6 is 58.2 Å². The fourth-order valence-corrected chi connectivity index (χ4v) is 8.48. The Balaban J connectivity index is 1.42. The van der Waals surface area contributed by atoms with Crippen LogP contribution in [0.5, 0.6) is 23.0 Å². The van der Waals surface area contributed by atoms with Gasteiger partial charge in [-0.25, -0.2) is 18.4 Å². The molecule has 0 aliphatic heterocycles. The summed E-state index contributed by atoms with van der Waals surface area (Å²) in [5, 5.41) is 21.3. The molecule has 0 aliphatic rings. The highest BCUT2D eigenvalue weighted by atomic mass is 35.5. The molecule has 0 N–H and O–H groups in total. The quantitative estimate of drug-likeness (QED) is 0.0491. The van der Waals surface area contributed by atoms with Crippen molar-refractivity contribution in [1.82, 2.24) is 9.97 Å². The Kier molecular flexibility index (Phi) is 16.1. The van der Waals surface area contributed by atoms with E-state index in [9.17, 15) is 18.9 Å². The van der Waals surface area contributed by atoms with Gasteiger partial charge >= 0.3 is 0 Å². The van der Waals surface area contributed by atoms with E-state index in [0.29, 0.717) is 39.2 Å². The van der Waals surface area contributed by atoms with Crippen molar-refractivity contribution in [2.45, 2.75) is 48.3 Å². The smallest absolute Gasteiger partial charge is 0.255 e. The molecule has 1 unspecified atom stereocenters. The van der Waals surface area contributed by atoms with Crippen molar-refractivity contribution in [1.29, 1.82) is 10.5 Å². The monoisotopic (exact) mass is 984 g/mol. The number of aromatic nitrogens is 2. The summed E-state index contributed by atoms with van der Waals surface area (Å²) in [5.74, 6) is 2.30. The molecule has 0 fully saturated rings. The van der Waals surface area contributed by atoms with E-state index in [2.05, 4.69) is 22.1 Å². The molecular formula is C45H40Cl4N4O9S2. The first kappa shape index (κ1) is 48.4. The van der Waals surface area contributed by atoms with E-state index in [1.54, 1.807) is 54.7 Å². The molecule has 0 bridgehead atoms. The van der Waals surface area contributed by atoms with Crippen molar-refractivity contribution < 1.29 is 40.9 Å². The van der Waals surface area contributed by atoms with E-state index in [0.717, 1.165) is 18.2 Å². The highest BCUT2D eigenvalue weighted by Crippen LogP contribution is 2.44.